The molecule has 1 saturated heterocycles. The second-order valence-electron chi connectivity index (χ2n) is 3.86. The van der Waals surface area contributed by atoms with E-state index in [1.54, 1.807) is 18.3 Å². The predicted octanol–water partition coefficient (Wildman–Crippen LogP) is 1.18. The number of nitrogens with zero attached hydrogens (tertiary/aromatic N) is 1. The van der Waals surface area contributed by atoms with Crippen LogP contribution in [0.4, 0.5) is 5.69 Å². The molecular formula is C11H17N3O. The van der Waals surface area contributed by atoms with Gasteiger partial charge in [-0.05, 0) is 31.5 Å². The van der Waals surface area contributed by atoms with Gasteiger partial charge in [-0.25, -0.2) is 4.98 Å². The smallest absolute Gasteiger partial charge is 0.237 e. The van der Waals surface area contributed by atoms with E-state index < -0.39 is 0 Å². The Morgan fingerprint density at radius 1 is 1.53 bits per heavy atom. The van der Waals surface area contributed by atoms with Crippen LogP contribution in [0.15, 0.2) is 18.3 Å². The molecule has 2 rings (SSSR count). The molecule has 0 aromatic carbocycles. The van der Waals surface area contributed by atoms with Crippen LogP contribution in [-0.4, -0.2) is 24.2 Å². The molecule has 1 aromatic rings. The molecule has 82 valence electrons. The minimum Gasteiger partial charge on any atom is -0.475 e. The highest BCUT2D eigenvalue weighted by atomic mass is 16.5. The highest BCUT2D eigenvalue weighted by molar-refractivity contribution is 5.46. The fourth-order valence-electron chi connectivity index (χ4n) is 1.77. The lowest BCUT2D eigenvalue weighted by atomic mass is 10.1. The number of anilines is 1. The molecule has 1 aromatic heterocycles. The van der Waals surface area contributed by atoms with E-state index in [0.717, 1.165) is 6.54 Å². The van der Waals surface area contributed by atoms with E-state index in [4.69, 9.17) is 10.5 Å². The molecule has 15 heavy (non-hydrogen) atoms. The van der Waals surface area contributed by atoms with Crippen LogP contribution >= 0.6 is 0 Å². The number of aromatic nitrogens is 1. The van der Waals surface area contributed by atoms with Crippen molar-refractivity contribution in [2.75, 3.05) is 18.9 Å². The summed E-state index contributed by atoms with van der Waals surface area (Å²) in [6.07, 6.45) is 5.41. The average Bonchev–Trinajstić information content (AvgIpc) is 2.29. The van der Waals surface area contributed by atoms with Gasteiger partial charge in [0.15, 0.2) is 0 Å². The van der Waals surface area contributed by atoms with Gasteiger partial charge in [-0.2, -0.15) is 0 Å². The van der Waals surface area contributed by atoms with E-state index >= 15 is 0 Å². The summed E-state index contributed by atoms with van der Waals surface area (Å²) in [6, 6.07) is 4.05. The molecule has 0 aliphatic carbocycles. The monoisotopic (exact) mass is 207 g/mol. The molecule has 1 aliphatic rings. The van der Waals surface area contributed by atoms with E-state index in [1.807, 2.05) is 0 Å². The quantitative estimate of drug-likeness (QED) is 0.781. The number of pyridine rings is 1. The highest BCUT2D eigenvalue weighted by Crippen LogP contribution is 2.17. The molecule has 0 spiro atoms. The molecule has 1 unspecified atom stereocenters. The van der Waals surface area contributed by atoms with Crippen molar-refractivity contribution >= 4 is 5.69 Å². The van der Waals surface area contributed by atoms with Crippen LogP contribution in [0.2, 0.25) is 0 Å². The zero-order valence-electron chi connectivity index (χ0n) is 8.78. The Morgan fingerprint density at radius 2 is 2.47 bits per heavy atom. The van der Waals surface area contributed by atoms with Crippen molar-refractivity contribution in [1.82, 2.24) is 10.3 Å². The van der Waals surface area contributed by atoms with E-state index in [1.165, 1.54) is 19.3 Å². The Kier molecular flexibility index (Phi) is 3.40. The number of nitrogen functional groups attached to an aromatic ring is 1. The molecular weight excluding hydrogens is 190 g/mol. The van der Waals surface area contributed by atoms with Crippen molar-refractivity contribution in [3.8, 4) is 5.88 Å². The van der Waals surface area contributed by atoms with Crippen LogP contribution in [0.3, 0.4) is 0 Å². The summed E-state index contributed by atoms with van der Waals surface area (Å²) >= 11 is 0. The van der Waals surface area contributed by atoms with Gasteiger partial charge in [-0.3, -0.25) is 0 Å². The summed E-state index contributed by atoms with van der Waals surface area (Å²) in [5, 5.41) is 3.42. The van der Waals surface area contributed by atoms with Crippen molar-refractivity contribution < 1.29 is 4.74 Å². The van der Waals surface area contributed by atoms with Gasteiger partial charge in [0.2, 0.25) is 5.88 Å². The number of nitrogens with two attached hydrogens (primary N) is 1. The molecule has 0 saturated carbocycles. The first kappa shape index (κ1) is 10.2. The largest absolute Gasteiger partial charge is 0.475 e. The Bertz CT molecular complexity index is 310. The summed E-state index contributed by atoms with van der Waals surface area (Å²) in [4.78, 5) is 4.09. The Labute approximate surface area is 89.8 Å². The van der Waals surface area contributed by atoms with Gasteiger partial charge in [0.25, 0.3) is 0 Å². The maximum Gasteiger partial charge on any atom is 0.237 e. The summed E-state index contributed by atoms with van der Waals surface area (Å²) in [5.74, 6) is 0.546. The molecule has 4 heteroatoms. The van der Waals surface area contributed by atoms with Gasteiger partial charge in [0, 0.05) is 12.2 Å². The summed E-state index contributed by atoms with van der Waals surface area (Å²) in [5.41, 5.74) is 6.33. The van der Waals surface area contributed by atoms with Gasteiger partial charge in [-0.15, -0.1) is 0 Å². The summed E-state index contributed by atoms with van der Waals surface area (Å²) < 4.78 is 5.58. The van der Waals surface area contributed by atoms with E-state index in [9.17, 15) is 0 Å². The van der Waals surface area contributed by atoms with Crippen LogP contribution in [0.25, 0.3) is 0 Å². The van der Waals surface area contributed by atoms with Crippen molar-refractivity contribution in [1.29, 1.82) is 0 Å². The lowest BCUT2D eigenvalue weighted by molar-refractivity contribution is 0.233. The fraction of sp³-hybridized carbons (Fsp3) is 0.545. The number of rotatable bonds is 3. The second kappa shape index (κ2) is 4.98. The standard InChI is InChI=1S/C11H17N3O/c12-10-5-3-7-14-11(10)15-8-9-4-1-2-6-13-9/h3,5,7,9,13H,1-2,4,6,8,12H2. The number of piperidine rings is 1. The van der Waals surface area contributed by atoms with Crippen LogP contribution in [0, 0.1) is 0 Å². The zero-order chi connectivity index (χ0) is 10.5. The van der Waals surface area contributed by atoms with Gasteiger partial charge in [0.05, 0.1) is 5.69 Å². The first-order chi connectivity index (χ1) is 7.36. The van der Waals surface area contributed by atoms with E-state index in [-0.39, 0.29) is 0 Å². The second-order valence-corrected chi connectivity index (χ2v) is 3.86. The Balaban J connectivity index is 1.84. The predicted molar refractivity (Wildman–Crippen MR) is 59.8 cm³/mol. The fourth-order valence-corrected chi connectivity index (χ4v) is 1.77. The maximum atomic E-state index is 5.73. The van der Waals surface area contributed by atoms with Crippen LogP contribution in [0.5, 0.6) is 5.88 Å². The van der Waals surface area contributed by atoms with Crippen molar-refractivity contribution in [3.05, 3.63) is 18.3 Å². The normalized spacial score (nSPS) is 21.2. The molecule has 1 atom stereocenters. The lowest BCUT2D eigenvalue weighted by Gasteiger charge is -2.23. The molecule has 4 nitrogen and oxygen atoms in total. The topological polar surface area (TPSA) is 60.2 Å². The third kappa shape index (κ3) is 2.83. The van der Waals surface area contributed by atoms with Gasteiger partial charge < -0.3 is 15.8 Å². The van der Waals surface area contributed by atoms with Crippen LogP contribution < -0.4 is 15.8 Å². The van der Waals surface area contributed by atoms with E-state index in [0.29, 0.717) is 24.2 Å². The van der Waals surface area contributed by atoms with Crippen molar-refractivity contribution in [2.45, 2.75) is 25.3 Å². The minimum absolute atomic E-state index is 0.445. The molecule has 0 radical (unpaired) electrons. The highest BCUT2D eigenvalue weighted by Gasteiger charge is 2.13. The van der Waals surface area contributed by atoms with Crippen LogP contribution in [-0.2, 0) is 0 Å². The van der Waals surface area contributed by atoms with Gasteiger partial charge >= 0.3 is 0 Å². The number of hydrogen-bond acceptors (Lipinski definition) is 4. The number of hydrogen-bond donors (Lipinski definition) is 2. The van der Waals surface area contributed by atoms with Crippen molar-refractivity contribution in [2.24, 2.45) is 0 Å². The average molecular weight is 207 g/mol. The van der Waals surface area contributed by atoms with E-state index in [2.05, 4.69) is 10.3 Å². The Hall–Kier alpha value is -1.29. The van der Waals surface area contributed by atoms with Gasteiger partial charge in [-0.1, -0.05) is 6.42 Å². The molecule has 0 bridgehead atoms. The summed E-state index contributed by atoms with van der Waals surface area (Å²) in [6.45, 7) is 1.74. The first-order valence-corrected chi connectivity index (χ1v) is 5.43. The lowest BCUT2D eigenvalue weighted by Crippen LogP contribution is -2.38. The van der Waals surface area contributed by atoms with Crippen molar-refractivity contribution in [3.63, 3.8) is 0 Å². The summed E-state index contributed by atoms with van der Waals surface area (Å²) in [7, 11) is 0. The maximum absolute atomic E-state index is 5.73. The number of ether oxygens (including phenoxy) is 1. The molecule has 1 aliphatic heterocycles. The molecule has 2 heterocycles. The first-order valence-electron chi connectivity index (χ1n) is 5.43. The molecule has 3 N–H and O–H groups in total. The SMILES string of the molecule is Nc1cccnc1OCC1CCCCN1. The molecule has 1 fully saturated rings. The van der Waals surface area contributed by atoms with Crippen LogP contribution in [0.1, 0.15) is 19.3 Å². The molecule has 0 amide bonds. The van der Waals surface area contributed by atoms with Gasteiger partial charge in [0.1, 0.15) is 6.61 Å². The minimum atomic E-state index is 0.445. The zero-order valence-corrected chi connectivity index (χ0v) is 8.78. The third-order valence-corrected chi connectivity index (χ3v) is 2.63. The Morgan fingerprint density at radius 3 is 3.20 bits per heavy atom. The third-order valence-electron chi connectivity index (χ3n) is 2.63. The number of nitrogens with one attached hydrogen (secondary N) is 1.